The van der Waals surface area contributed by atoms with Crippen LogP contribution < -0.4 is 10.5 Å². The lowest BCUT2D eigenvalue weighted by molar-refractivity contribution is -0.909. The van der Waals surface area contributed by atoms with Gasteiger partial charge < -0.3 is 4.90 Å². The van der Waals surface area contributed by atoms with Crippen molar-refractivity contribution in [1.29, 1.82) is 0 Å². The summed E-state index contributed by atoms with van der Waals surface area (Å²) >= 11 is 0. The highest BCUT2D eigenvalue weighted by atomic mass is 16.1. The monoisotopic (exact) mass is 332 g/mol. The Balaban J connectivity index is 1.52. The van der Waals surface area contributed by atoms with E-state index in [1.54, 1.807) is 10.5 Å². The number of fused-ring (bicyclic) bond motifs is 1. The third-order valence-electron chi connectivity index (χ3n) is 4.82. The van der Waals surface area contributed by atoms with E-state index in [1.807, 2.05) is 25.3 Å². The van der Waals surface area contributed by atoms with Crippen molar-refractivity contribution in [2.75, 3.05) is 13.1 Å². The Morgan fingerprint density at radius 1 is 1.16 bits per heavy atom. The molecule has 1 aliphatic rings. The molecule has 1 unspecified atom stereocenters. The zero-order chi connectivity index (χ0) is 17.2. The summed E-state index contributed by atoms with van der Waals surface area (Å²) in [7, 11) is 0. The van der Waals surface area contributed by atoms with E-state index in [9.17, 15) is 4.79 Å². The summed E-state index contributed by atoms with van der Waals surface area (Å²) in [4.78, 5) is 18.4. The van der Waals surface area contributed by atoms with Gasteiger partial charge >= 0.3 is 0 Å². The maximum absolute atomic E-state index is 12.3. The smallest absolute Gasteiger partial charge is 0.258 e. The second kappa shape index (κ2) is 6.65. The van der Waals surface area contributed by atoms with Gasteiger partial charge in [-0.25, -0.2) is 4.98 Å². The Hall–Kier alpha value is -2.72. The minimum absolute atomic E-state index is 0.000580. The lowest BCUT2D eigenvalue weighted by Crippen LogP contribution is -3.11. The highest BCUT2D eigenvalue weighted by Gasteiger charge is 2.17. The molecular formula is C21H22N3O+. The largest absolute Gasteiger partial charge is 0.326 e. The van der Waals surface area contributed by atoms with Gasteiger partial charge in [-0.1, -0.05) is 36.4 Å². The van der Waals surface area contributed by atoms with Crippen molar-refractivity contribution in [1.82, 2.24) is 9.38 Å². The maximum atomic E-state index is 12.3. The van der Waals surface area contributed by atoms with E-state index in [2.05, 4.69) is 41.4 Å². The van der Waals surface area contributed by atoms with Crippen molar-refractivity contribution in [2.24, 2.45) is 0 Å². The van der Waals surface area contributed by atoms with Crippen LogP contribution in [0.1, 0.15) is 23.2 Å². The predicted octanol–water partition coefficient (Wildman–Crippen LogP) is 1.88. The first kappa shape index (κ1) is 15.8. The quantitative estimate of drug-likeness (QED) is 0.795. The van der Waals surface area contributed by atoms with E-state index in [0.29, 0.717) is 0 Å². The van der Waals surface area contributed by atoms with Crippen molar-refractivity contribution in [3.05, 3.63) is 88.0 Å². The van der Waals surface area contributed by atoms with Crippen molar-refractivity contribution in [2.45, 2.75) is 19.9 Å². The Bertz CT molecular complexity index is 989. The molecule has 0 fully saturated rings. The van der Waals surface area contributed by atoms with E-state index in [1.165, 1.54) is 16.0 Å². The number of nitrogens with one attached hydrogen (secondary N) is 1. The Labute approximate surface area is 147 Å². The van der Waals surface area contributed by atoms with Gasteiger partial charge in [-0.15, -0.1) is 0 Å². The summed E-state index contributed by atoms with van der Waals surface area (Å²) in [5.74, 6) is 0. The molecule has 126 valence electrons. The average molecular weight is 332 g/mol. The molecule has 0 bridgehead atoms. The minimum atomic E-state index is 0.000580. The molecule has 4 rings (SSSR count). The predicted molar refractivity (Wildman–Crippen MR) is 99.6 cm³/mol. The molecule has 0 saturated heterocycles. The molecule has 1 aromatic carbocycles. The number of aromatic nitrogens is 2. The van der Waals surface area contributed by atoms with Gasteiger partial charge in [-0.3, -0.25) is 9.20 Å². The van der Waals surface area contributed by atoms with E-state index in [-0.39, 0.29) is 5.56 Å². The minimum Gasteiger partial charge on any atom is -0.326 e. The summed E-state index contributed by atoms with van der Waals surface area (Å²) in [6.45, 7) is 4.81. The number of quaternary nitrogens is 1. The topological polar surface area (TPSA) is 38.8 Å². The molecule has 4 heteroatoms. The number of benzene rings is 1. The van der Waals surface area contributed by atoms with Gasteiger partial charge in [-0.2, -0.15) is 0 Å². The summed E-state index contributed by atoms with van der Waals surface area (Å²) in [6, 6.07) is 16.2. The first-order chi connectivity index (χ1) is 12.2. The number of pyridine rings is 1. The van der Waals surface area contributed by atoms with Gasteiger partial charge in [0.1, 0.15) is 17.9 Å². The van der Waals surface area contributed by atoms with Crippen LogP contribution >= 0.6 is 0 Å². The van der Waals surface area contributed by atoms with Crippen LogP contribution in [-0.2, 0) is 6.54 Å². The normalized spacial score (nSPS) is 17.5. The van der Waals surface area contributed by atoms with Gasteiger partial charge in [-0.05, 0) is 35.8 Å². The molecule has 0 radical (unpaired) electrons. The third kappa shape index (κ3) is 3.39. The van der Waals surface area contributed by atoms with Gasteiger partial charge in [0.15, 0.2) is 0 Å². The highest BCUT2D eigenvalue weighted by Crippen LogP contribution is 2.17. The lowest BCUT2D eigenvalue weighted by Gasteiger charge is -2.23. The molecule has 25 heavy (non-hydrogen) atoms. The molecule has 1 aliphatic heterocycles. The molecule has 3 heterocycles. The summed E-state index contributed by atoms with van der Waals surface area (Å²) in [5, 5.41) is 0. The number of aryl methyl sites for hydroxylation is 1. The zero-order valence-electron chi connectivity index (χ0n) is 14.4. The Morgan fingerprint density at radius 2 is 2.00 bits per heavy atom. The first-order valence-electron chi connectivity index (χ1n) is 8.76. The molecule has 4 nitrogen and oxygen atoms in total. The van der Waals surface area contributed by atoms with Crippen LogP contribution in [0.15, 0.2) is 65.6 Å². The SMILES string of the molecule is Cc1ccc2nc(C[NH+]3CC=C(c4ccccc4)CC3)cc(=O)n2c1. The van der Waals surface area contributed by atoms with Crippen LogP contribution in [0.5, 0.6) is 0 Å². The Morgan fingerprint density at radius 3 is 2.76 bits per heavy atom. The van der Waals surface area contributed by atoms with Crippen molar-refractivity contribution in [3.8, 4) is 0 Å². The van der Waals surface area contributed by atoms with E-state index in [0.717, 1.165) is 43.0 Å². The van der Waals surface area contributed by atoms with E-state index >= 15 is 0 Å². The maximum Gasteiger partial charge on any atom is 0.258 e. The lowest BCUT2D eigenvalue weighted by atomic mass is 9.99. The van der Waals surface area contributed by atoms with Crippen LogP contribution in [0.25, 0.3) is 11.2 Å². The van der Waals surface area contributed by atoms with Crippen LogP contribution in [0.2, 0.25) is 0 Å². The summed E-state index contributed by atoms with van der Waals surface area (Å²) in [6.07, 6.45) is 5.23. The second-order valence-electron chi connectivity index (χ2n) is 6.75. The molecule has 3 aromatic rings. The summed E-state index contributed by atoms with van der Waals surface area (Å²) < 4.78 is 1.62. The molecule has 1 N–H and O–H groups in total. The van der Waals surface area contributed by atoms with Gasteiger partial charge in [0.25, 0.3) is 5.56 Å². The van der Waals surface area contributed by atoms with Crippen molar-refractivity contribution in [3.63, 3.8) is 0 Å². The van der Waals surface area contributed by atoms with Crippen LogP contribution in [0.3, 0.4) is 0 Å². The van der Waals surface area contributed by atoms with Gasteiger partial charge in [0, 0.05) is 18.7 Å². The summed E-state index contributed by atoms with van der Waals surface area (Å²) in [5.41, 5.74) is 5.40. The molecule has 0 spiro atoms. The molecule has 0 amide bonds. The number of hydrogen-bond donors (Lipinski definition) is 1. The van der Waals surface area contributed by atoms with Gasteiger partial charge in [0.05, 0.1) is 13.1 Å². The van der Waals surface area contributed by atoms with Crippen LogP contribution in [0, 0.1) is 6.92 Å². The van der Waals surface area contributed by atoms with Crippen LogP contribution in [-0.4, -0.2) is 22.5 Å². The fourth-order valence-electron chi connectivity index (χ4n) is 3.46. The van der Waals surface area contributed by atoms with Crippen molar-refractivity contribution < 1.29 is 4.90 Å². The van der Waals surface area contributed by atoms with E-state index < -0.39 is 0 Å². The average Bonchev–Trinajstić information content (AvgIpc) is 2.64. The molecule has 0 aliphatic carbocycles. The highest BCUT2D eigenvalue weighted by molar-refractivity contribution is 5.65. The number of hydrogen-bond acceptors (Lipinski definition) is 2. The van der Waals surface area contributed by atoms with Gasteiger partial charge in [0.2, 0.25) is 0 Å². The molecular weight excluding hydrogens is 310 g/mol. The zero-order valence-corrected chi connectivity index (χ0v) is 14.4. The Kier molecular flexibility index (Phi) is 4.20. The fourth-order valence-corrected chi connectivity index (χ4v) is 3.46. The molecule has 2 aromatic heterocycles. The third-order valence-corrected chi connectivity index (χ3v) is 4.82. The first-order valence-corrected chi connectivity index (χ1v) is 8.76. The second-order valence-corrected chi connectivity index (χ2v) is 6.75. The molecule has 1 atom stereocenters. The number of nitrogens with zero attached hydrogens (tertiary/aromatic N) is 2. The van der Waals surface area contributed by atoms with Crippen LogP contribution in [0.4, 0.5) is 0 Å². The standard InChI is InChI=1S/C21H21N3O/c1-16-7-8-20-22-19(13-21(25)24(20)14-16)15-23-11-9-18(10-12-23)17-5-3-2-4-6-17/h2-9,13-14H,10-12,15H2,1H3/p+1. The van der Waals surface area contributed by atoms with Crippen molar-refractivity contribution >= 4 is 11.2 Å². The number of rotatable bonds is 3. The molecule has 0 saturated carbocycles. The van der Waals surface area contributed by atoms with E-state index in [4.69, 9.17) is 0 Å². The fraction of sp³-hybridized carbons (Fsp3) is 0.238.